The van der Waals surface area contributed by atoms with Crippen molar-refractivity contribution in [3.8, 4) is 11.3 Å². The lowest BCUT2D eigenvalue weighted by Crippen LogP contribution is -2.09. The Balaban J connectivity index is 2.45. The number of Topliss-reactive ketones (excluding diaryl/α,β-unsaturated/α-hetero) is 1. The zero-order valence-electron chi connectivity index (χ0n) is 9.56. The Hall–Kier alpha value is -1.42. The molecule has 0 aliphatic heterocycles. The first kappa shape index (κ1) is 12.0. The fourth-order valence-corrected chi connectivity index (χ4v) is 1.99. The van der Waals surface area contributed by atoms with Crippen LogP contribution in [0.5, 0.6) is 0 Å². The monoisotopic (exact) mass is 292 g/mol. The van der Waals surface area contributed by atoms with Crippen molar-refractivity contribution < 1.29 is 4.79 Å². The molecule has 0 atom stereocenters. The van der Waals surface area contributed by atoms with Gasteiger partial charge in [-0.3, -0.25) is 9.48 Å². The molecule has 3 nitrogen and oxygen atoms in total. The molecule has 0 amide bonds. The second kappa shape index (κ2) is 5.27. The number of nitrogens with zero attached hydrogens (tertiary/aromatic N) is 2. The maximum absolute atomic E-state index is 11.7. The van der Waals surface area contributed by atoms with Crippen molar-refractivity contribution >= 4 is 21.7 Å². The van der Waals surface area contributed by atoms with Crippen LogP contribution < -0.4 is 0 Å². The van der Waals surface area contributed by atoms with E-state index in [4.69, 9.17) is 0 Å². The molecule has 17 heavy (non-hydrogen) atoms. The van der Waals surface area contributed by atoms with Gasteiger partial charge in [0.15, 0.2) is 5.78 Å². The highest BCUT2D eigenvalue weighted by Gasteiger charge is 2.13. The van der Waals surface area contributed by atoms with E-state index in [1.165, 1.54) is 0 Å². The molecule has 1 aromatic heterocycles. The van der Waals surface area contributed by atoms with Crippen LogP contribution in [0.15, 0.2) is 36.4 Å². The molecule has 2 rings (SSSR count). The van der Waals surface area contributed by atoms with Crippen molar-refractivity contribution in [3.63, 3.8) is 0 Å². The molecule has 0 saturated heterocycles. The molecule has 0 fully saturated rings. The van der Waals surface area contributed by atoms with E-state index in [1.54, 1.807) is 4.68 Å². The highest BCUT2D eigenvalue weighted by atomic mass is 79.9. The second-order valence-corrected chi connectivity index (χ2v) is 4.21. The van der Waals surface area contributed by atoms with Crippen LogP contribution in [0.1, 0.15) is 17.4 Å². The SMILES string of the molecule is CCn1nc(-c2ccccc2)cc1C(=O)CBr. The van der Waals surface area contributed by atoms with Gasteiger partial charge in [0.1, 0.15) is 5.69 Å². The molecule has 1 aromatic carbocycles. The van der Waals surface area contributed by atoms with Crippen molar-refractivity contribution in [2.45, 2.75) is 13.5 Å². The minimum absolute atomic E-state index is 0.0570. The lowest BCUT2D eigenvalue weighted by atomic mass is 10.1. The highest BCUT2D eigenvalue weighted by Crippen LogP contribution is 2.19. The smallest absolute Gasteiger partial charge is 0.191 e. The molecular weight excluding hydrogens is 280 g/mol. The maximum atomic E-state index is 11.7. The van der Waals surface area contributed by atoms with Crippen molar-refractivity contribution in [2.24, 2.45) is 0 Å². The summed E-state index contributed by atoms with van der Waals surface area (Å²) in [6.45, 7) is 2.67. The second-order valence-electron chi connectivity index (χ2n) is 3.65. The van der Waals surface area contributed by atoms with Gasteiger partial charge in [-0.1, -0.05) is 46.3 Å². The van der Waals surface area contributed by atoms with Gasteiger partial charge in [0.2, 0.25) is 0 Å². The van der Waals surface area contributed by atoms with Crippen LogP contribution in [-0.2, 0) is 6.54 Å². The number of hydrogen-bond donors (Lipinski definition) is 0. The van der Waals surface area contributed by atoms with Crippen molar-refractivity contribution in [3.05, 3.63) is 42.1 Å². The van der Waals surface area contributed by atoms with E-state index in [0.717, 1.165) is 11.3 Å². The Morgan fingerprint density at radius 1 is 1.35 bits per heavy atom. The number of rotatable bonds is 4. The number of benzene rings is 1. The zero-order valence-corrected chi connectivity index (χ0v) is 11.1. The quantitative estimate of drug-likeness (QED) is 0.641. The molecule has 88 valence electrons. The zero-order chi connectivity index (χ0) is 12.3. The highest BCUT2D eigenvalue weighted by molar-refractivity contribution is 9.09. The summed E-state index contributed by atoms with van der Waals surface area (Å²) in [6.07, 6.45) is 0. The predicted octanol–water partition coefficient (Wildman–Crippen LogP) is 3.15. The van der Waals surface area contributed by atoms with Crippen LogP contribution in [0.2, 0.25) is 0 Å². The number of halogens is 1. The molecule has 0 unspecified atom stereocenters. The predicted molar refractivity (Wildman–Crippen MR) is 71.5 cm³/mol. The fourth-order valence-electron chi connectivity index (χ4n) is 1.70. The van der Waals surface area contributed by atoms with Crippen molar-refractivity contribution in [1.82, 2.24) is 9.78 Å². The molecular formula is C13H13BrN2O. The number of aromatic nitrogens is 2. The van der Waals surface area contributed by atoms with Crippen LogP contribution in [0.4, 0.5) is 0 Å². The summed E-state index contributed by atoms with van der Waals surface area (Å²) >= 11 is 3.19. The third-order valence-corrected chi connectivity index (χ3v) is 3.07. The molecule has 0 N–H and O–H groups in total. The van der Waals surface area contributed by atoms with E-state index >= 15 is 0 Å². The largest absolute Gasteiger partial charge is 0.292 e. The van der Waals surface area contributed by atoms with E-state index in [2.05, 4.69) is 21.0 Å². The van der Waals surface area contributed by atoms with Gasteiger partial charge in [0.25, 0.3) is 0 Å². The summed E-state index contributed by atoms with van der Waals surface area (Å²) in [4.78, 5) is 11.7. The van der Waals surface area contributed by atoms with E-state index in [9.17, 15) is 4.79 Å². The van der Waals surface area contributed by atoms with E-state index in [0.29, 0.717) is 17.6 Å². The van der Waals surface area contributed by atoms with E-state index in [-0.39, 0.29) is 5.78 Å². The van der Waals surface area contributed by atoms with E-state index < -0.39 is 0 Å². The summed E-state index contributed by atoms with van der Waals surface area (Å²) in [5.41, 5.74) is 2.53. The molecule has 2 aromatic rings. The van der Waals surface area contributed by atoms with Crippen LogP contribution in [0.25, 0.3) is 11.3 Å². The number of carbonyl (C=O) groups is 1. The van der Waals surface area contributed by atoms with Crippen LogP contribution in [0.3, 0.4) is 0 Å². The lowest BCUT2D eigenvalue weighted by Gasteiger charge is -2.00. The number of carbonyl (C=O) groups excluding carboxylic acids is 1. The summed E-state index contributed by atoms with van der Waals surface area (Å²) in [6, 6.07) is 11.7. The Morgan fingerprint density at radius 3 is 2.65 bits per heavy atom. The number of hydrogen-bond acceptors (Lipinski definition) is 2. The van der Waals surface area contributed by atoms with Crippen LogP contribution >= 0.6 is 15.9 Å². The molecule has 0 aliphatic rings. The van der Waals surface area contributed by atoms with Gasteiger partial charge in [-0.25, -0.2) is 0 Å². The normalized spacial score (nSPS) is 10.5. The first-order valence-corrected chi connectivity index (χ1v) is 6.60. The Morgan fingerprint density at radius 2 is 2.06 bits per heavy atom. The van der Waals surface area contributed by atoms with Gasteiger partial charge in [-0.15, -0.1) is 0 Å². The average Bonchev–Trinajstić information content (AvgIpc) is 2.83. The Labute approximate surface area is 109 Å². The molecule has 0 aliphatic carbocycles. The van der Waals surface area contributed by atoms with Gasteiger partial charge in [-0.05, 0) is 13.0 Å². The molecule has 4 heteroatoms. The standard InChI is InChI=1S/C13H13BrN2O/c1-2-16-12(13(17)9-14)8-11(15-16)10-6-4-3-5-7-10/h3-8H,2,9H2,1H3. The number of alkyl halides is 1. The summed E-state index contributed by atoms with van der Waals surface area (Å²) in [5, 5.41) is 4.77. The fraction of sp³-hybridized carbons (Fsp3) is 0.231. The van der Waals surface area contributed by atoms with Crippen molar-refractivity contribution in [1.29, 1.82) is 0 Å². The lowest BCUT2D eigenvalue weighted by molar-refractivity contribution is 0.101. The number of aryl methyl sites for hydroxylation is 1. The summed E-state index contributed by atoms with van der Waals surface area (Å²) in [7, 11) is 0. The summed E-state index contributed by atoms with van der Waals surface area (Å²) < 4.78 is 1.74. The molecule has 0 spiro atoms. The third-order valence-electron chi connectivity index (χ3n) is 2.56. The topological polar surface area (TPSA) is 34.9 Å². The van der Waals surface area contributed by atoms with Crippen molar-refractivity contribution in [2.75, 3.05) is 5.33 Å². The van der Waals surface area contributed by atoms with E-state index in [1.807, 2.05) is 43.3 Å². The van der Waals surface area contributed by atoms with Gasteiger partial charge >= 0.3 is 0 Å². The van der Waals surface area contributed by atoms with Crippen LogP contribution in [-0.4, -0.2) is 20.9 Å². The minimum Gasteiger partial charge on any atom is -0.292 e. The summed E-state index contributed by atoms with van der Waals surface area (Å²) in [5.74, 6) is 0.0570. The van der Waals surface area contributed by atoms with Gasteiger partial charge in [0.05, 0.1) is 11.0 Å². The molecule has 0 saturated carbocycles. The first-order valence-electron chi connectivity index (χ1n) is 5.48. The Kier molecular flexibility index (Phi) is 3.74. The average molecular weight is 293 g/mol. The van der Waals surface area contributed by atoms with Gasteiger partial charge in [-0.2, -0.15) is 5.10 Å². The first-order chi connectivity index (χ1) is 8.26. The van der Waals surface area contributed by atoms with Crippen LogP contribution in [0, 0.1) is 0 Å². The minimum atomic E-state index is 0.0570. The van der Waals surface area contributed by atoms with Gasteiger partial charge < -0.3 is 0 Å². The third kappa shape index (κ3) is 2.47. The molecule has 0 bridgehead atoms. The number of ketones is 1. The molecule has 0 radical (unpaired) electrons. The maximum Gasteiger partial charge on any atom is 0.191 e. The Bertz CT molecular complexity index is 519. The molecule has 1 heterocycles. The van der Waals surface area contributed by atoms with Gasteiger partial charge in [0, 0.05) is 12.1 Å².